The number of rotatable bonds is 8. The Balaban J connectivity index is 2.14. The fourth-order valence-electron chi connectivity index (χ4n) is 1.96. The first-order valence-electron chi connectivity index (χ1n) is 6.85. The maximum atomic E-state index is 8.22. The van der Waals surface area contributed by atoms with E-state index in [-0.39, 0.29) is 5.17 Å². The predicted molar refractivity (Wildman–Crippen MR) is 82.7 cm³/mol. The second kappa shape index (κ2) is 10.5. The van der Waals surface area contributed by atoms with Crippen molar-refractivity contribution in [2.45, 2.75) is 25.7 Å². The van der Waals surface area contributed by atoms with Crippen LogP contribution >= 0.6 is 11.6 Å². The van der Waals surface area contributed by atoms with Gasteiger partial charge in [-0.1, -0.05) is 41.0 Å². The Morgan fingerprint density at radius 3 is 2.80 bits per heavy atom. The van der Waals surface area contributed by atoms with Crippen molar-refractivity contribution in [1.29, 1.82) is 0 Å². The van der Waals surface area contributed by atoms with Crippen molar-refractivity contribution < 1.29 is 10.0 Å². The fourth-order valence-corrected chi connectivity index (χ4v) is 2.07. The van der Waals surface area contributed by atoms with E-state index in [4.69, 9.17) is 21.6 Å². The Bertz CT molecular complexity index is 375. The number of allylic oxidation sites excluding steroid dienone is 3. The topological polar surface area (TPSA) is 57.4 Å². The largest absolute Gasteiger partial charge is 0.411 e. The molecule has 112 valence electrons. The highest BCUT2D eigenvalue weighted by molar-refractivity contribution is 6.69. The summed E-state index contributed by atoms with van der Waals surface area (Å²) >= 11 is 5.89. The highest BCUT2D eigenvalue weighted by Crippen LogP contribution is 2.09. The molecule has 0 saturated carbocycles. The molecule has 0 amide bonds. The molecule has 0 atom stereocenters. The van der Waals surface area contributed by atoms with Crippen LogP contribution in [0, 0.1) is 0 Å². The molecule has 1 heterocycles. The quantitative estimate of drug-likeness (QED) is 0.246. The first kappa shape index (κ1) is 16.7. The predicted octanol–water partition coefficient (Wildman–Crippen LogP) is 3.00. The third-order valence-electron chi connectivity index (χ3n) is 3.02. The molecule has 0 aromatic heterocycles. The number of piperidine rings is 1. The molecule has 0 aliphatic carbocycles. The fraction of sp³-hybridized carbons (Fsp3) is 0.571. The summed E-state index contributed by atoms with van der Waals surface area (Å²) in [6, 6.07) is 0. The van der Waals surface area contributed by atoms with Gasteiger partial charge in [-0.15, -0.1) is 0 Å². The molecular formula is C14H22ClN3O2. The van der Waals surface area contributed by atoms with Crippen molar-refractivity contribution in [3.63, 3.8) is 0 Å². The molecule has 1 rings (SSSR count). The maximum Gasteiger partial charge on any atom is 0.174 e. The van der Waals surface area contributed by atoms with Crippen LogP contribution < -0.4 is 0 Å². The maximum absolute atomic E-state index is 8.22. The number of oxime groups is 2. The highest BCUT2D eigenvalue weighted by atomic mass is 35.5. The summed E-state index contributed by atoms with van der Waals surface area (Å²) in [5.41, 5.74) is 0.502. The molecule has 1 aliphatic rings. The van der Waals surface area contributed by atoms with E-state index in [1.165, 1.54) is 44.6 Å². The smallest absolute Gasteiger partial charge is 0.174 e. The van der Waals surface area contributed by atoms with Gasteiger partial charge in [-0.05, 0) is 38.4 Å². The van der Waals surface area contributed by atoms with Crippen LogP contribution in [0.5, 0.6) is 0 Å². The zero-order valence-electron chi connectivity index (χ0n) is 11.7. The second-order valence-electron chi connectivity index (χ2n) is 4.62. The molecule has 1 N–H and O–H groups in total. The van der Waals surface area contributed by atoms with Gasteiger partial charge in [-0.25, -0.2) is 0 Å². The van der Waals surface area contributed by atoms with Gasteiger partial charge in [0, 0.05) is 12.1 Å². The first-order valence-corrected chi connectivity index (χ1v) is 7.23. The van der Waals surface area contributed by atoms with Crippen molar-refractivity contribution in [3.05, 3.63) is 24.3 Å². The minimum absolute atomic E-state index is 0.200. The van der Waals surface area contributed by atoms with E-state index < -0.39 is 0 Å². The van der Waals surface area contributed by atoms with Crippen molar-refractivity contribution in [3.8, 4) is 0 Å². The van der Waals surface area contributed by atoms with E-state index >= 15 is 0 Å². The van der Waals surface area contributed by atoms with Gasteiger partial charge in [0.05, 0.1) is 6.21 Å². The molecule has 20 heavy (non-hydrogen) atoms. The number of hydrogen-bond donors (Lipinski definition) is 1. The van der Waals surface area contributed by atoms with Gasteiger partial charge in [0.25, 0.3) is 0 Å². The zero-order valence-corrected chi connectivity index (χ0v) is 12.4. The van der Waals surface area contributed by atoms with E-state index in [9.17, 15) is 0 Å². The Morgan fingerprint density at radius 2 is 2.10 bits per heavy atom. The minimum Gasteiger partial charge on any atom is -0.411 e. The van der Waals surface area contributed by atoms with Gasteiger partial charge in [-0.3, -0.25) is 0 Å². The molecule has 0 aromatic carbocycles. The average Bonchev–Trinajstić information content (AvgIpc) is 2.48. The lowest BCUT2D eigenvalue weighted by Gasteiger charge is -2.25. The van der Waals surface area contributed by atoms with Gasteiger partial charge < -0.3 is 14.9 Å². The van der Waals surface area contributed by atoms with Crippen LogP contribution in [0.2, 0.25) is 0 Å². The summed E-state index contributed by atoms with van der Waals surface area (Å²) in [7, 11) is 0. The number of nitrogens with zero attached hydrogens (tertiary/aromatic N) is 3. The van der Waals surface area contributed by atoms with Crippen molar-refractivity contribution in [1.82, 2.24) is 4.90 Å². The molecule has 0 radical (unpaired) electrons. The molecule has 0 unspecified atom stereocenters. The Kier molecular flexibility index (Phi) is 8.74. The second-order valence-corrected chi connectivity index (χ2v) is 4.98. The molecule has 1 fully saturated rings. The molecule has 5 nitrogen and oxygen atoms in total. The average molecular weight is 300 g/mol. The van der Waals surface area contributed by atoms with Crippen LogP contribution in [0.1, 0.15) is 25.7 Å². The van der Waals surface area contributed by atoms with Crippen LogP contribution in [0.15, 0.2) is 34.6 Å². The monoisotopic (exact) mass is 299 g/mol. The van der Waals surface area contributed by atoms with E-state index in [1.54, 1.807) is 6.08 Å². The van der Waals surface area contributed by atoms with Crippen LogP contribution in [0.3, 0.4) is 0 Å². The van der Waals surface area contributed by atoms with Crippen molar-refractivity contribution >= 4 is 23.0 Å². The van der Waals surface area contributed by atoms with Crippen LogP contribution in [0.4, 0.5) is 0 Å². The van der Waals surface area contributed by atoms with Crippen LogP contribution in [0.25, 0.3) is 0 Å². The molecule has 0 bridgehead atoms. The number of likely N-dealkylation sites (tertiary alicyclic amines) is 1. The van der Waals surface area contributed by atoms with E-state index in [2.05, 4.69) is 21.8 Å². The third-order valence-corrected chi connectivity index (χ3v) is 3.33. The van der Waals surface area contributed by atoms with E-state index in [0.29, 0.717) is 12.2 Å². The van der Waals surface area contributed by atoms with Crippen LogP contribution in [-0.2, 0) is 4.84 Å². The first-order chi connectivity index (χ1) is 9.74. The molecule has 1 aliphatic heterocycles. The lowest BCUT2D eigenvalue weighted by atomic mass is 10.1. The van der Waals surface area contributed by atoms with Gasteiger partial charge in [0.15, 0.2) is 5.17 Å². The van der Waals surface area contributed by atoms with E-state index in [1.807, 2.05) is 0 Å². The van der Waals surface area contributed by atoms with Gasteiger partial charge in [-0.2, -0.15) is 0 Å². The summed E-state index contributed by atoms with van der Waals surface area (Å²) in [5.74, 6) is 0. The standard InChI is InChI=1S/C14H22ClN3O2/c1-13(7-5-8-16-19)14(15)17-20-12-6-11-18-9-3-2-4-10-18/h5,7-8,19H,1-4,6,9-12H2/b7-5-,16-8+,17-14-. The lowest BCUT2D eigenvalue weighted by Crippen LogP contribution is -2.31. The van der Waals surface area contributed by atoms with Gasteiger partial charge in [0.2, 0.25) is 0 Å². The summed E-state index contributed by atoms with van der Waals surface area (Å²) < 4.78 is 0. The van der Waals surface area contributed by atoms with Gasteiger partial charge in [0.1, 0.15) is 6.61 Å². The van der Waals surface area contributed by atoms with Crippen molar-refractivity contribution in [2.24, 2.45) is 10.3 Å². The summed E-state index contributed by atoms with van der Waals surface area (Å²) in [4.78, 5) is 7.62. The molecule has 1 saturated heterocycles. The normalized spacial score (nSPS) is 17.9. The Labute approximate surface area is 125 Å². The molecular weight excluding hydrogens is 278 g/mol. The zero-order chi connectivity index (χ0) is 14.6. The third kappa shape index (κ3) is 7.31. The number of halogens is 1. The minimum atomic E-state index is 0.200. The van der Waals surface area contributed by atoms with E-state index in [0.717, 1.165) is 13.0 Å². The lowest BCUT2D eigenvalue weighted by molar-refractivity contribution is 0.125. The molecule has 0 aromatic rings. The summed E-state index contributed by atoms with van der Waals surface area (Å²) in [6.45, 7) is 7.69. The molecule has 6 heteroatoms. The number of hydrogen-bond acceptors (Lipinski definition) is 5. The van der Waals surface area contributed by atoms with Crippen molar-refractivity contribution in [2.75, 3.05) is 26.2 Å². The Morgan fingerprint density at radius 1 is 1.35 bits per heavy atom. The van der Waals surface area contributed by atoms with Crippen LogP contribution in [-0.4, -0.2) is 47.7 Å². The SMILES string of the molecule is C=C(/C=C\C=N\O)/C(Cl)=N/OCCCN1CCCCC1. The summed E-state index contributed by atoms with van der Waals surface area (Å²) in [6.07, 6.45) is 9.20. The summed E-state index contributed by atoms with van der Waals surface area (Å²) in [5, 5.41) is 15.0. The molecule has 0 spiro atoms. The Hall–Kier alpha value is -1.33. The highest BCUT2D eigenvalue weighted by Gasteiger charge is 2.08. The van der Waals surface area contributed by atoms with Gasteiger partial charge >= 0.3 is 0 Å².